The fourth-order valence-electron chi connectivity index (χ4n) is 5.93. The van der Waals surface area contributed by atoms with Crippen LogP contribution in [0.3, 0.4) is 0 Å². The zero-order valence-corrected chi connectivity index (χ0v) is 26.2. The van der Waals surface area contributed by atoms with Crippen LogP contribution in [0.2, 0.25) is 0 Å². The van der Waals surface area contributed by atoms with Gasteiger partial charge in [0.2, 0.25) is 0 Å². The predicted octanol–water partition coefficient (Wildman–Crippen LogP) is 3.98. The Balaban J connectivity index is 1.35. The lowest BCUT2D eigenvalue weighted by atomic mass is 10.0. The van der Waals surface area contributed by atoms with Crippen LogP contribution in [0.4, 0.5) is 15.4 Å². The largest absolute Gasteiger partial charge is 0.462 e. The van der Waals surface area contributed by atoms with Crippen LogP contribution in [0.1, 0.15) is 56.9 Å². The maximum absolute atomic E-state index is 13.1. The quantitative estimate of drug-likeness (QED) is 0.458. The first-order valence-electron chi connectivity index (χ1n) is 15.4. The van der Waals surface area contributed by atoms with Gasteiger partial charge < -0.3 is 33.8 Å². The fourth-order valence-corrected chi connectivity index (χ4v) is 5.93. The number of fused-ring (bicyclic) bond motifs is 1. The molecule has 5 rings (SSSR count). The second kappa shape index (κ2) is 13.7. The van der Waals surface area contributed by atoms with Gasteiger partial charge in [0.25, 0.3) is 0 Å². The summed E-state index contributed by atoms with van der Waals surface area (Å²) in [7, 11) is 2.10. The number of benzene rings is 1. The third kappa shape index (κ3) is 7.69. The summed E-state index contributed by atoms with van der Waals surface area (Å²) in [6, 6.07) is 12.0. The highest BCUT2D eigenvalue weighted by Gasteiger charge is 2.36. The van der Waals surface area contributed by atoms with Crippen LogP contribution < -0.4 is 9.64 Å². The normalized spacial score (nSPS) is 20.6. The van der Waals surface area contributed by atoms with Gasteiger partial charge in [-0.05, 0) is 59.2 Å². The van der Waals surface area contributed by atoms with Crippen molar-refractivity contribution in [3.63, 3.8) is 0 Å². The molecule has 2 saturated heterocycles. The Morgan fingerprint density at radius 3 is 2.55 bits per heavy atom. The van der Waals surface area contributed by atoms with Gasteiger partial charge >= 0.3 is 18.2 Å². The van der Waals surface area contributed by atoms with Crippen molar-refractivity contribution >= 4 is 18.0 Å². The number of likely N-dealkylation sites (tertiary alicyclic amines) is 1. The number of amides is 2. The van der Waals surface area contributed by atoms with E-state index in [2.05, 4.69) is 22.9 Å². The summed E-state index contributed by atoms with van der Waals surface area (Å²) >= 11 is 0. The molecule has 0 N–H and O–H groups in total. The third-order valence-electron chi connectivity index (χ3n) is 8.30. The summed E-state index contributed by atoms with van der Waals surface area (Å²) in [6.45, 7) is 9.29. The molecule has 2 atom stereocenters. The second-order valence-corrected chi connectivity index (χ2v) is 12.7. The molecule has 2 aromatic rings. The maximum Gasteiger partial charge on any atom is 0.410 e. The fraction of sp³-hybridized carbons (Fsp3) is 0.594. The molecule has 236 valence electrons. The highest BCUT2D eigenvalue weighted by Crippen LogP contribution is 2.31. The van der Waals surface area contributed by atoms with Gasteiger partial charge in [-0.1, -0.05) is 30.3 Å². The zero-order valence-electron chi connectivity index (χ0n) is 26.2. The number of rotatable bonds is 7. The molecular formula is C32H43N7O5. The Morgan fingerprint density at radius 2 is 1.84 bits per heavy atom. The number of ether oxygens (including phenoxy) is 3. The minimum atomic E-state index is -0.604. The molecule has 4 heterocycles. The molecule has 0 saturated carbocycles. The topological polar surface area (TPSA) is 124 Å². The van der Waals surface area contributed by atoms with Crippen LogP contribution in [0, 0.1) is 11.3 Å². The van der Waals surface area contributed by atoms with Crippen LogP contribution in [0.25, 0.3) is 0 Å². The minimum Gasteiger partial charge on any atom is -0.462 e. The van der Waals surface area contributed by atoms with Gasteiger partial charge in [0.05, 0.1) is 30.8 Å². The van der Waals surface area contributed by atoms with Gasteiger partial charge in [0, 0.05) is 37.8 Å². The Morgan fingerprint density at radius 1 is 1.05 bits per heavy atom. The molecule has 1 aromatic heterocycles. The molecule has 12 heteroatoms. The predicted molar refractivity (Wildman–Crippen MR) is 163 cm³/mol. The summed E-state index contributed by atoms with van der Waals surface area (Å²) in [5.41, 5.74) is 1.98. The molecule has 0 radical (unpaired) electrons. The number of hydrogen-bond acceptors (Lipinski definition) is 10. The van der Waals surface area contributed by atoms with Gasteiger partial charge in [0.15, 0.2) is 0 Å². The molecule has 3 aliphatic rings. The van der Waals surface area contributed by atoms with E-state index in [9.17, 15) is 14.9 Å². The first kappa shape index (κ1) is 31.3. The highest BCUT2D eigenvalue weighted by molar-refractivity contribution is 5.70. The third-order valence-corrected chi connectivity index (χ3v) is 8.30. The van der Waals surface area contributed by atoms with Gasteiger partial charge in [-0.25, -0.2) is 9.59 Å². The Kier molecular flexibility index (Phi) is 9.74. The van der Waals surface area contributed by atoms with Crippen molar-refractivity contribution in [2.24, 2.45) is 0 Å². The second-order valence-electron chi connectivity index (χ2n) is 12.7. The van der Waals surface area contributed by atoms with Crippen LogP contribution in [0.5, 0.6) is 6.01 Å². The number of carbonyl (C=O) groups excluding carboxylic acids is 2. The zero-order chi connectivity index (χ0) is 31.3. The van der Waals surface area contributed by atoms with Gasteiger partial charge in [-0.2, -0.15) is 15.2 Å². The first-order valence-corrected chi connectivity index (χ1v) is 15.4. The van der Waals surface area contributed by atoms with Crippen LogP contribution in [-0.2, 0) is 29.0 Å². The Labute approximate surface area is 259 Å². The number of nitrogens with zero attached hydrogens (tertiary/aromatic N) is 7. The van der Waals surface area contributed by atoms with Crippen molar-refractivity contribution in [2.45, 2.75) is 77.3 Å². The van der Waals surface area contributed by atoms with Crippen molar-refractivity contribution in [1.82, 2.24) is 24.7 Å². The first-order chi connectivity index (χ1) is 21.1. The Bertz CT molecular complexity index is 1360. The molecule has 0 unspecified atom stereocenters. The van der Waals surface area contributed by atoms with E-state index in [-0.39, 0.29) is 37.7 Å². The van der Waals surface area contributed by atoms with E-state index in [1.165, 1.54) is 0 Å². The molecule has 12 nitrogen and oxygen atoms in total. The number of anilines is 1. The SMILES string of the molecule is CN1CCC[C@H]1COc1nc2c(c(N3CCN(C(=O)OCc4ccccc4)[C@@H](CC#N)C3)n1)CCN(C(=O)OC(C)(C)C)C2. The minimum absolute atomic E-state index is 0.161. The summed E-state index contributed by atoms with van der Waals surface area (Å²) in [6.07, 6.45) is 2.08. The number of nitriles is 1. The van der Waals surface area contributed by atoms with E-state index in [4.69, 9.17) is 24.2 Å². The van der Waals surface area contributed by atoms with Crippen molar-refractivity contribution in [2.75, 3.05) is 51.3 Å². The van der Waals surface area contributed by atoms with Gasteiger partial charge in [0.1, 0.15) is 24.6 Å². The van der Waals surface area contributed by atoms with E-state index in [1.54, 1.807) is 9.80 Å². The van der Waals surface area contributed by atoms with E-state index >= 15 is 0 Å². The molecule has 3 aliphatic heterocycles. The van der Waals surface area contributed by atoms with Crippen molar-refractivity contribution in [1.29, 1.82) is 5.26 Å². The van der Waals surface area contributed by atoms with Gasteiger partial charge in [-0.15, -0.1) is 0 Å². The molecular weight excluding hydrogens is 562 g/mol. The summed E-state index contributed by atoms with van der Waals surface area (Å²) in [4.78, 5) is 43.4. The van der Waals surface area contributed by atoms with Crippen LogP contribution >= 0.6 is 0 Å². The molecule has 0 aliphatic carbocycles. The molecule has 0 bridgehead atoms. The monoisotopic (exact) mass is 605 g/mol. The standard InChI is InChI=1S/C32H43N7O5/c1-32(2,3)44-30(40)38-16-13-26-27(20-38)34-29(42-22-25-11-8-15-36(25)4)35-28(26)37-17-18-39(24(19-37)12-14-33)31(41)43-21-23-9-6-5-7-10-23/h5-7,9-10,24-25H,8,11-13,15-22H2,1-4H3/t24-,25-/m0/s1. The molecule has 0 spiro atoms. The Hall–Kier alpha value is -4.11. The number of piperazine rings is 1. The summed E-state index contributed by atoms with van der Waals surface area (Å²) < 4.78 is 17.4. The van der Waals surface area contributed by atoms with E-state index in [1.807, 2.05) is 51.1 Å². The number of aromatic nitrogens is 2. The molecule has 2 amide bonds. The number of likely N-dealkylation sites (N-methyl/N-ethyl adjacent to an activating group) is 1. The van der Waals surface area contributed by atoms with Crippen molar-refractivity contribution < 1.29 is 23.8 Å². The average molecular weight is 606 g/mol. The summed E-state index contributed by atoms with van der Waals surface area (Å²) in [5, 5.41) is 9.63. The number of carbonyl (C=O) groups is 2. The summed E-state index contributed by atoms with van der Waals surface area (Å²) in [5.74, 6) is 0.730. The van der Waals surface area contributed by atoms with Crippen LogP contribution in [0.15, 0.2) is 30.3 Å². The average Bonchev–Trinajstić information content (AvgIpc) is 3.42. The van der Waals surface area contributed by atoms with Crippen molar-refractivity contribution in [3.8, 4) is 12.1 Å². The van der Waals surface area contributed by atoms with Crippen LogP contribution in [-0.4, -0.2) is 101 Å². The number of hydrogen-bond donors (Lipinski definition) is 0. The lowest BCUT2D eigenvalue weighted by molar-refractivity contribution is 0.0220. The smallest absolute Gasteiger partial charge is 0.410 e. The molecule has 1 aromatic carbocycles. The highest BCUT2D eigenvalue weighted by atomic mass is 16.6. The van der Waals surface area contributed by atoms with Crippen molar-refractivity contribution in [3.05, 3.63) is 47.2 Å². The van der Waals surface area contributed by atoms with E-state index in [0.717, 1.165) is 42.0 Å². The van der Waals surface area contributed by atoms with Gasteiger partial charge in [-0.3, -0.25) is 0 Å². The molecule has 44 heavy (non-hydrogen) atoms. The van der Waals surface area contributed by atoms with E-state index < -0.39 is 11.7 Å². The molecule has 2 fully saturated rings. The lowest BCUT2D eigenvalue weighted by Gasteiger charge is -2.41. The van der Waals surface area contributed by atoms with E-state index in [0.29, 0.717) is 45.2 Å². The lowest BCUT2D eigenvalue weighted by Crippen LogP contribution is -2.56. The maximum atomic E-state index is 13.1.